The van der Waals surface area contributed by atoms with E-state index < -0.39 is 17.1 Å². The van der Waals surface area contributed by atoms with Gasteiger partial charge < -0.3 is 15.9 Å². The van der Waals surface area contributed by atoms with Crippen LogP contribution in [0.3, 0.4) is 0 Å². The van der Waals surface area contributed by atoms with Crippen LogP contribution in [0, 0.1) is 0 Å². The second-order valence-corrected chi connectivity index (χ2v) is 3.15. The molecule has 2 atom stereocenters. The quantitative estimate of drug-likeness (QED) is 0.542. The maximum absolute atomic E-state index is 10.5. The van der Waals surface area contributed by atoms with Crippen LogP contribution in [0.4, 0.5) is 0 Å². The highest BCUT2D eigenvalue weighted by atomic mass is 16.4. The van der Waals surface area contributed by atoms with Crippen molar-refractivity contribution in [3.8, 4) is 0 Å². The molecule has 0 heterocycles. The molecule has 0 aliphatic rings. The zero-order valence-corrected chi connectivity index (χ0v) is 7.09. The van der Waals surface area contributed by atoms with Crippen LogP contribution < -0.4 is 5.73 Å². The van der Waals surface area contributed by atoms with Gasteiger partial charge in [0, 0.05) is 0 Å². The van der Waals surface area contributed by atoms with Crippen molar-refractivity contribution in [2.75, 3.05) is 0 Å². The molecule has 0 bridgehead atoms. The SMILES string of the molecule is CCC(C)(N)C(C)(O)C(=O)O. The van der Waals surface area contributed by atoms with Crippen LogP contribution in [0.1, 0.15) is 27.2 Å². The van der Waals surface area contributed by atoms with Gasteiger partial charge >= 0.3 is 5.97 Å². The molecule has 0 saturated heterocycles. The molecular weight excluding hydrogens is 146 g/mol. The van der Waals surface area contributed by atoms with E-state index in [2.05, 4.69) is 0 Å². The van der Waals surface area contributed by atoms with E-state index in [4.69, 9.17) is 10.8 Å². The molecule has 0 saturated carbocycles. The Bertz CT molecular complexity index is 163. The third kappa shape index (κ3) is 1.70. The normalized spacial score (nSPS) is 21.9. The van der Waals surface area contributed by atoms with E-state index in [0.717, 1.165) is 0 Å². The number of nitrogens with two attached hydrogens (primary N) is 1. The Kier molecular flexibility index (Phi) is 2.64. The van der Waals surface area contributed by atoms with Gasteiger partial charge in [0.05, 0.1) is 5.54 Å². The first kappa shape index (κ1) is 10.4. The fourth-order valence-electron chi connectivity index (χ4n) is 0.589. The number of carbonyl (C=O) groups is 1. The summed E-state index contributed by atoms with van der Waals surface area (Å²) in [7, 11) is 0. The number of aliphatic hydroxyl groups is 1. The minimum Gasteiger partial charge on any atom is -0.479 e. The summed E-state index contributed by atoms with van der Waals surface area (Å²) in [6.07, 6.45) is 0.409. The number of rotatable bonds is 3. The summed E-state index contributed by atoms with van der Waals surface area (Å²) in [6, 6.07) is 0. The molecule has 0 aromatic heterocycles. The Morgan fingerprint density at radius 3 is 2.00 bits per heavy atom. The average molecular weight is 161 g/mol. The van der Waals surface area contributed by atoms with Gasteiger partial charge in [-0.15, -0.1) is 0 Å². The molecular formula is C7H15NO3. The maximum atomic E-state index is 10.5. The number of hydrogen-bond donors (Lipinski definition) is 3. The Hall–Kier alpha value is -0.610. The van der Waals surface area contributed by atoms with E-state index in [0.29, 0.717) is 6.42 Å². The van der Waals surface area contributed by atoms with Crippen molar-refractivity contribution in [1.82, 2.24) is 0 Å². The second-order valence-electron chi connectivity index (χ2n) is 3.15. The van der Waals surface area contributed by atoms with Gasteiger partial charge in [-0.25, -0.2) is 4.79 Å². The molecule has 2 unspecified atom stereocenters. The fraction of sp³-hybridized carbons (Fsp3) is 0.857. The summed E-state index contributed by atoms with van der Waals surface area (Å²) in [5.74, 6) is -1.29. The van der Waals surface area contributed by atoms with Gasteiger partial charge in [-0.1, -0.05) is 6.92 Å². The zero-order chi connectivity index (χ0) is 9.28. The lowest BCUT2D eigenvalue weighted by Crippen LogP contribution is -2.60. The van der Waals surface area contributed by atoms with Crippen molar-refractivity contribution in [2.45, 2.75) is 38.3 Å². The molecule has 0 aromatic carbocycles. The molecule has 4 nitrogen and oxygen atoms in total. The Labute approximate surface area is 66.0 Å². The van der Waals surface area contributed by atoms with Crippen LogP contribution in [0.25, 0.3) is 0 Å². The minimum absolute atomic E-state index is 0.409. The van der Waals surface area contributed by atoms with Crippen LogP contribution in [-0.4, -0.2) is 27.3 Å². The molecule has 66 valence electrons. The summed E-state index contributed by atoms with van der Waals surface area (Å²) in [5.41, 5.74) is 2.62. The van der Waals surface area contributed by atoms with Crippen LogP contribution in [0.15, 0.2) is 0 Å². The Balaban J connectivity index is 4.67. The molecule has 4 N–H and O–H groups in total. The molecule has 0 fully saturated rings. The summed E-state index contributed by atoms with van der Waals surface area (Å²) in [5, 5.41) is 18.0. The van der Waals surface area contributed by atoms with Crippen molar-refractivity contribution in [2.24, 2.45) is 5.73 Å². The highest BCUT2D eigenvalue weighted by molar-refractivity contribution is 5.78. The molecule has 11 heavy (non-hydrogen) atoms. The standard InChI is InChI=1S/C7H15NO3/c1-4-6(2,8)7(3,11)5(9)10/h11H,4,8H2,1-3H3,(H,9,10). The third-order valence-corrected chi connectivity index (χ3v) is 2.26. The van der Waals surface area contributed by atoms with Crippen LogP contribution >= 0.6 is 0 Å². The minimum atomic E-state index is -1.86. The topological polar surface area (TPSA) is 83.5 Å². The van der Waals surface area contributed by atoms with E-state index in [1.54, 1.807) is 6.92 Å². The first-order valence-corrected chi connectivity index (χ1v) is 3.50. The molecule has 0 aromatic rings. The molecule has 0 radical (unpaired) electrons. The van der Waals surface area contributed by atoms with Crippen molar-refractivity contribution < 1.29 is 15.0 Å². The number of aliphatic carboxylic acids is 1. The van der Waals surface area contributed by atoms with Gasteiger partial charge in [0.1, 0.15) is 0 Å². The van der Waals surface area contributed by atoms with Gasteiger partial charge in [0.2, 0.25) is 0 Å². The highest BCUT2D eigenvalue weighted by Crippen LogP contribution is 2.22. The summed E-state index contributed by atoms with van der Waals surface area (Å²) >= 11 is 0. The summed E-state index contributed by atoms with van der Waals surface area (Å²) in [6.45, 7) is 4.46. The summed E-state index contributed by atoms with van der Waals surface area (Å²) in [4.78, 5) is 10.5. The lowest BCUT2D eigenvalue weighted by Gasteiger charge is -2.35. The molecule has 0 aliphatic heterocycles. The molecule has 0 rings (SSSR count). The predicted molar refractivity (Wildman–Crippen MR) is 41.1 cm³/mol. The first-order valence-electron chi connectivity index (χ1n) is 3.50. The lowest BCUT2D eigenvalue weighted by molar-refractivity contribution is -0.163. The molecule has 0 aliphatic carbocycles. The summed E-state index contributed by atoms with van der Waals surface area (Å²) < 4.78 is 0. The lowest BCUT2D eigenvalue weighted by atomic mass is 9.81. The number of hydrogen-bond acceptors (Lipinski definition) is 3. The van der Waals surface area contributed by atoms with Crippen molar-refractivity contribution in [1.29, 1.82) is 0 Å². The van der Waals surface area contributed by atoms with Gasteiger partial charge in [0.25, 0.3) is 0 Å². The molecule has 0 spiro atoms. The smallest absolute Gasteiger partial charge is 0.337 e. The van der Waals surface area contributed by atoms with Gasteiger partial charge in [0.15, 0.2) is 5.60 Å². The first-order chi connectivity index (χ1) is 4.75. The number of carboxylic acids is 1. The van der Waals surface area contributed by atoms with Crippen molar-refractivity contribution >= 4 is 5.97 Å². The van der Waals surface area contributed by atoms with E-state index in [9.17, 15) is 9.90 Å². The average Bonchev–Trinajstić information content (AvgIpc) is 1.87. The van der Waals surface area contributed by atoms with E-state index in [1.165, 1.54) is 13.8 Å². The Morgan fingerprint density at radius 1 is 1.55 bits per heavy atom. The van der Waals surface area contributed by atoms with Crippen molar-refractivity contribution in [3.05, 3.63) is 0 Å². The van der Waals surface area contributed by atoms with Crippen LogP contribution in [0.5, 0.6) is 0 Å². The number of carboxylic acid groups (broad SMARTS) is 1. The molecule has 4 heteroatoms. The van der Waals surface area contributed by atoms with Crippen LogP contribution in [0.2, 0.25) is 0 Å². The van der Waals surface area contributed by atoms with E-state index in [1.807, 2.05) is 0 Å². The Morgan fingerprint density at radius 2 is 1.91 bits per heavy atom. The van der Waals surface area contributed by atoms with Gasteiger partial charge in [-0.2, -0.15) is 0 Å². The predicted octanol–water partition coefficient (Wildman–Crippen LogP) is -0.0506. The largest absolute Gasteiger partial charge is 0.479 e. The van der Waals surface area contributed by atoms with E-state index in [-0.39, 0.29) is 0 Å². The van der Waals surface area contributed by atoms with Gasteiger partial charge in [-0.3, -0.25) is 0 Å². The maximum Gasteiger partial charge on any atom is 0.337 e. The monoisotopic (exact) mass is 161 g/mol. The zero-order valence-electron chi connectivity index (χ0n) is 7.09. The fourth-order valence-corrected chi connectivity index (χ4v) is 0.589. The van der Waals surface area contributed by atoms with Crippen molar-refractivity contribution in [3.63, 3.8) is 0 Å². The van der Waals surface area contributed by atoms with E-state index >= 15 is 0 Å². The third-order valence-electron chi connectivity index (χ3n) is 2.26. The second kappa shape index (κ2) is 2.79. The molecule has 0 amide bonds. The highest BCUT2D eigenvalue weighted by Gasteiger charge is 2.45. The van der Waals surface area contributed by atoms with Gasteiger partial charge in [-0.05, 0) is 20.3 Å². The van der Waals surface area contributed by atoms with Crippen LogP contribution in [-0.2, 0) is 4.79 Å².